The maximum absolute atomic E-state index is 11.0. The van der Waals surface area contributed by atoms with Crippen LogP contribution < -0.4 is 10.7 Å². The van der Waals surface area contributed by atoms with E-state index in [9.17, 15) is 20.2 Å². The van der Waals surface area contributed by atoms with Gasteiger partial charge in [-0.2, -0.15) is 5.10 Å². The smallest absolute Gasteiger partial charge is 0.292 e. The summed E-state index contributed by atoms with van der Waals surface area (Å²) >= 11 is 5.06. The highest BCUT2D eigenvalue weighted by molar-refractivity contribution is 7.80. The number of benzene rings is 2. The zero-order valence-electron chi connectivity index (χ0n) is 13.0. The van der Waals surface area contributed by atoms with Crippen LogP contribution in [0.2, 0.25) is 0 Å². The average molecular weight is 359 g/mol. The maximum Gasteiger partial charge on any atom is 0.292 e. The van der Waals surface area contributed by atoms with E-state index in [0.29, 0.717) is 11.3 Å². The second-order valence-electron chi connectivity index (χ2n) is 4.84. The first kappa shape index (κ1) is 17.9. The topological polar surface area (TPSA) is 123 Å². The number of nitro benzene ring substituents is 2. The Kier molecular flexibility index (Phi) is 5.69. The minimum absolute atomic E-state index is 0.0157. The minimum atomic E-state index is -0.518. The molecule has 0 amide bonds. The van der Waals surface area contributed by atoms with Crippen LogP contribution in [-0.4, -0.2) is 20.7 Å². The first-order valence-corrected chi connectivity index (χ1v) is 7.39. The first-order valence-electron chi connectivity index (χ1n) is 6.98. The number of non-ortho nitro benzene ring substituents is 1. The van der Waals surface area contributed by atoms with Crippen molar-refractivity contribution in [2.45, 2.75) is 6.92 Å². The van der Waals surface area contributed by atoms with Gasteiger partial charge in [-0.25, -0.2) is 0 Å². The first-order chi connectivity index (χ1) is 11.9. The largest absolute Gasteiger partial charge is 0.326 e. The molecule has 0 bridgehead atoms. The van der Waals surface area contributed by atoms with Crippen LogP contribution in [0.15, 0.2) is 53.6 Å². The van der Waals surface area contributed by atoms with Crippen molar-refractivity contribution in [2.24, 2.45) is 5.10 Å². The molecule has 0 spiro atoms. The highest BCUT2D eigenvalue weighted by Gasteiger charge is 2.13. The number of hydrogen-bond acceptors (Lipinski definition) is 6. The summed E-state index contributed by atoms with van der Waals surface area (Å²) in [6, 6.07) is 12.0. The van der Waals surface area contributed by atoms with E-state index < -0.39 is 9.85 Å². The quantitative estimate of drug-likeness (QED) is 0.364. The molecule has 0 aliphatic carbocycles. The molecule has 0 unspecified atom stereocenters. The summed E-state index contributed by atoms with van der Waals surface area (Å²) in [4.78, 5) is 20.6. The Balaban J connectivity index is 2.04. The van der Waals surface area contributed by atoms with Gasteiger partial charge < -0.3 is 5.32 Å². The highest BCUT2D eigenvalue weighted by Crippen LogP contribution is 2.22. The molecule has 0 heterocycles. The van der Waals surface area contributed by atoms with Gasteiger partial charge in [-0.1, -0.05) is 12.1 Å². The molecule has 10 heteroatoms. The summed E-state index contributed by atoms with van der Waals surface area (Å²) < 4.78 is 0. The van der Waals surface area contributed by atoms with E-state index in [0.717, 1.165) is 0 Å². The fourth-order valence-corrected chi connectivity index (χ4v) is 2.07. The second-order valence-corrected chi connectivity index (χ2v) is 5.25. The lowest BCUT2D eigenvalue weighted by Gasteiger charge is -2.08. The lowest BCUT2D eigenvalue weighted by atomic mass is 10.1. The van der Waals surface area contributed by atoms with Crippen LogP contribution in [-0.2, 0) is 0 Å². The van der Waals surface area contributed by atoms with Crippen molar-refractivity contribution in [3.63, 3.8) is 0 Å². The van der Waals surface area contributed by atoms with Crippen LogP contribution in [0.1, 0.15) is 12.5 Å². The fourth-order valence-electron chi connectivity index (χ4n) is 1.91. The molecule has 2 rings (SSSR count). The van der Waals surface area contributed by atoms with Crippen molar-refractivity contribution < 1.29 is 9.85 Å². The molecule has 2 aromatic carbocycles. The Labute approximate surface area is 147 Å². The number of rotatable bonds is 5. The van der Waals surface area contributed by atoms with E-state index in [1.165, 1.54) is 24.3 Å². The van der Waals surface area contributed by atoms with Gasteiger partial charge in [-0.05, 0) is 42.9 Å². The molecule has 25 heavy (non-hydrogen) atoms. The molecular weight excluding hydrogens is 346 g/mol. The molecule has 0 aliphatic heterocycles. The third-order valence-corrected chi connectivity index (χ3v) is 3.36. The molecule has 0 fully saturated rings. The van der Waals surface area contributed by atoms with Gasteiger partial charge in [0.25, 0.3) is 11.4 Å². The van der Waals surface area contributed by atoms with Crippen molar-refractivity contribution in [1.29, 1.82) is 0 Å². The van der Waals surface area contributed by atoms with Crippen LogP contribution in [0.3, 0.4) is 0 Å². The SMILES string of the molecule is C/C(=N/NC(=S)Nc1ccccc1[N+](=O)[O-])c1ccc([N+](=O)[O-])cc1. The average Bonchev–Trinajstić information content (AvgIpc) is 2.60. The number of hydrogen-bond donors (Lipinski definition) is 2. The molecule has 0 radical (unpaired) electrons. The third kappa shape index (κ3) is 4.78. The molecule has 0 saturated carbocycles. The zero-order valence-corrected chi connectivity index (χ0v) is 13.8. The van der Waals surface area contributed by atoms with E-state index >= 15 is 0 Å². The van der Waals surface area contributed by atoms with Gasteiger partial charge in [0.15, 0.2) is 5.11 Å². The van der Waals surface area contributed by atoms with E-state index in [4.69, 9.17) is 12.2 Å². The number of anilines is 1. The molecule has 0 aromatic heterocycles. The van der Waals surface area contributed by atoms with Crippen LogP contribution in [0.4, 0.5) is 17.1 Å². The van der Waals surface area contributed by atoms with Crippen molar-refractivity contribution >= 4 is 40.1 Å². The predicted octanol–water partition coefficient (Wildman–Crippen LogP) is 3.21. The summed E-state index contributed by atoms with van der Waals surface area (Å²) in [6.45, 7) is 1.70. The van der Waals surface area contributed by atoms with Gasteiger partial charge >= 0.3 is 0 Å². The normalized spacial score (nSPS) is 10.8. The van der Waals surface area contributed by atoms with E-state index in [1.54, 1.807) is 31.2 Å². The van der Waals surface area contributed by atoms with Crippen molar-refractivity contribution in [3.8, 4) is 0 Å². The Hall–Kier alpha value is -3.40. The van der Waals surface area contributed by atoms with Crippen molar-refractivity contribution in [2.75, 3.05) is 5.32 Å². The van der Waals surface area contributed by atoms with E-state index in [2.05, 4.69) is 15.8 Å². The molecule has 2 aromatic rings. The maximum atomic E-state index is 11.0. The van der Waals surface area contributed by atoms with Gasteiger partial charge in [-0.3, -0.25) is 25.7 Å². The number of hydrazone groups is 1. The number of para-hydroxylation sites is 2. The Morgan fingerprint density at radius 2 is 1.68 bits per heavy atom. The molecular formula is C15H13N5O4S. The van der Waals surface area contributed by atoms with Crippen LogP contribution in [0.25, 0.3) is 0 Å². The number of nitrogens with one attached hydrogen (secondary N) is 2. The molecule has 0 saturated heterocycles. The zero-order chi connectivity index (χ0) is 18.4. The fraction of sp³-hybridized carbons (Fsp3) is 0.0667. The number of thiocarbonyl (C=S) groups is 1. The highest BCUT2D eigenvalue weighted by atomic mass is 32.1. The Bertz CT molecular complexity index is 851. The molecule has 128 valence electrons. The van der Waals surface area contributed by atoms with E-state index in [1.807, 2.05) is 0 Å². The van der Waals surface area contributed by atoms with Gasteiger partial charge in [0.1, 0.15) is 5.69 Å². The summed E-state index contributed by atoms with van der Waals surface area (Å²) in [6.07, 6.45) is 0. The third-order valence-electron chi connectivity index (χ3n) is 3.17. The van der Waals surface area contributed by atoms with Crippen LogP contribution >= 0.6 is 12.2 Å². The van der Waals surface area contributed by atoms with Crippen LogP contribution in [0.5, 0.6) is 0 Å². The van der Waals surface area contributed by atoms with Crippen molar-refractivity contribution in [1.82, 2.24) is 5.43 Å². The molecule has 9 nitrogen and oxygen atoms in total. The van der Waals surface area contributed by atoms with Crippen molar-refractivity contribution in [3.05, 3.63) is 74.3 Å². The summed E-state index contributed by atoms with van der Waals surface area (Å²) in [7, 11) is 0. The summed E-state index contributed by atoms with van der Waals surface area (Å²) in [5, 5.41) is 28.4. The lowest BCUT2D eigenvalue weighted by molar-refractivity contribution is -0.384. The van der Waals surface area contributed by atoms with E-state index in [-0.39, 0.29) is 22.2 Å². The Morgan fingerprint density at radius 1 is 1.04 bits per heavy atom. The van der Waals surface area contributed by atoms with Gasteiger partial charge in [0, 0.05) is 18.2 Å². The monoisotopic (exact) mass is 359 g/mol. The van der Waals surface area contributed by atoms with Crippen LogP contribution in [0, 0.1) is 20.2 Å². The molecule has 2 N–H and O–H groups in total. The number of nitro groups is 2. The second kappa shape index (κ2) is 7.93. The number of nitrogens with zero attached hydrogens (tertiary/aromatic N) is 3. The summed E-state index contributed by atoms with van der Waals surface area (Å²) in [5.41, 5.74) is 3.92. The minimum Gasteiger partial charge on any atom is -0.326 e. The van der Waals surface area contributed by atoms with Gasteiger partial charge in [0.05, 0.1) is 15.6 Å². The predicted molar refractivity (Wildman–Crippen MR) is 97.8 cm³/mol. The molecule has 0 atom stereocenters. The lowest BCUT2D eigenvalue weighted by Crippen LogP contribution is -2.25. The standard InChI is InChI=1S/C15H13N5O4S/c1-10(11-6-8-12(9-7-11)19(21)22)17-18-15(25)16-13-4-2-3-5-14(13)20(23)24/h2-9H,1H3,(H2,16,18,25)/b17-10-. The van der Waals surface area contributed by atoms with Gasteiger partial charge in [-0.15, -0.1) is 0 Å². The van der Waals surface area contributed by atoms with Gasteiger partial charge in [0.2, 0.25) is 0 Å². The summed E-state index contributed by atoms with van der Waals surface area (Å²) in [5.74, 6) is 0. The Morgan fingerprint density at radius 3 is 2.28 bits per heavy atom. The molecule has 0 aliphatic rings.